The van der Waals surface area contributed by atoms with Crippen LogP contribution in [0.1, 0.15) is 19.8 Å². The number of nitrogens with zero attached hydrogens (tertiary/aromatic N) is 1. The Hall–Kier alpha value is -0.630. The molecule has 1 unspecified atom stereocenters. The third-order valence-electron chi connectivity index (χ3n) is 3.86. The maximum absolute atomic E-state index is 12.9. The van der Waals surface area contributed by atoms with Crippen LogP contribution < -0.4 is 4.74 Å². The van der Waals surface area contributed by atoms with E-state index in [1.54, 1.807) is 25.3 Å². The fourth-order valence-electron chi connectivity index (χ4n) is 2.52. The molecule has 21 heavy (non-hydrogen) atoms. The highest BCUT2D eigenvalue weighted by atomic mass is 79.9. The average molecular weight is 378 g/mol. The zero-order valence-corrected chi connectivity index (χ0v) is 14.8. The van der Waals surface area contributed by atoms with Gasteiger partial charge in [0, 0.05) is 24.7 Å². The van der Waals surface area contributed by atoms with Crippen LogP contribution in [-0.2, 0) is 14.8 Å². The summed E-state index contributed by atoms with van der Waals surface area (Å²) in [5, 5.41) is 0. The monoisotopic (exact) mass is 377 g/mol. The van der Waals surface area contributed by atoms with Gasteiger partial charge in [-0.2, -0.15) is 4.31 Å². The van der Waals surface area contributed by atoms with Gasteiger partial charge in [-0.15, -0.1) is 0 Å². The maximum atomic E-state index is 12.9. The molecule has 1 aromatic rings. The van der Waals surface area contributed by atoms with Crippen LogP contribution >= 0.6 is 15.9 Å². The Morgan fingerprint density at radius 3 is 2.67 bits per heavy atom. The number of sulfonamides is 1. The predicted octanol–water partition coefficient (Wildman–Crippen LogP) is 2.65. The summed E-state index contributed by atoms with van der Waals surface area (Å²) in [6.07, 6.45) is 1.63. The van der Waals surface area contributed by atoms with Crippen molar-refractivity contribution in [3.63, 3.8) is 0 Å². The molecule has 5 nitrogen and oxygen atoms in total. The predicted molar refractivity (Wildman–Crippen MR) is 84.1 cm³/mol. The van der Waals surface area contributed by atoms with Crippen molar-refractivity contribution >= 4 is 26.0 Å². The summed E-state index contributed by atoms with van der Waals surface area (Å²) in [6.45, 7) is 2.78. The van der Waals surface area contributed by atoms with Gasteiger partial charge < -0.3 is 9.47 Å². The molecule has 0 amide bonds. The first kappa shape index (κ1) is 16.7. The second-order valence-electron chi connectivity index (χ2n) is 5.39. The summed E-state index contributed by atoms with van der Waals surface area (Å²) in [4.78, 5) is 0.180. The topological polar surface area (TPSA) is 55.8 Å². The molecule has 1 saturated heterocycles. The molecule has 1 fully saturated rings. The first-order valence-electron chi connectivity index (χ1n) is 6.71. The Bertz CT molecular complexity index is 619. The lowest BCUT2D eigenvalue weighted by molar-refractivity contribution is -0.0319. The normalized spacial score (nSPS) is 24.0. The molecule has 0 saturated carbocycles. The highest BCUT2D eigenvalue weighted by Crippen LogP contribution is 2.33. The quantitative estimate of drug-likeness (QED) is 0.809. The summed E-state index contributed by atoms with van der Waals surface area (Å²) in [7, 11) is -0.519. The minimum atomic E-state index is -3.61. The maximum Gasteiger partial charge on any atom is 0.246 e. The molecule has 1 aromatic carbocycles. The molecule has 1 atom stereocenters. The molecule has 1 aliphatic rings. The summed E-state index contributed by atoms with van der Waals surface area (Å²) in [5.74, 6) is 0.350. The fourth-order valence-corrected chi connectivity index (χ4v) is 4.81. The molecule has 7 heteroatoms. The number of piperidine rings is 1. The van der Waals surface area contributed by atoms with Crippen LogP contribution in [0.3, 0.4) is 0 Å². The van der Waals surface area contributed by atoms with Crippen LogP contribution in [0.25, 0.3) is 0 Å². The van der Waals surface area contributed by atoms with E-state index < -0.39 is 15.6 Å². The standard InChI is InChI=1S/C14H20BrNO4S/c1-14(20-3)7-4-8-16(10-14)21(17,18)13-9-11(15)5-6-12(13)19-2/h5-6,9H,4,7-8,10H2,1-3H3. The van der Waals surface area contributed by atoms with Crippen molar-refractivity contribution in [2.24, 2.45) is 0 Å². The van der Waals surface area contributed by atoms with Gasteiger partial charge in [0.25, 0.3) is 0 Å². The Morgan fingerprint density at radius 1 is 1.33 bits per heavy atom. The van der Waals surface area contributed by atoms with E-state index in [9.17, 15) is 8.42 Å². The van der Waals surface area contributed by atoms with E-state index in [0.717, 1.165) is 12.8 Å². The average Bonchev–Trinajstić information content (AvgIpc) is 2.47. The number of methoxy groups -OCH3 is 2. The van der Waals surface area contributed by atoms with Crippen molar-refractivity contribution in [1.29, 1.82) is 0 Å². The van der Waals surface area contributed by atoms with Gasteiger partial charge >= 0.3 is 0 Å². The molecule has 0 spiro atoms. The van der Waals surface area contributed by atoms with Gasteiger partial charge in [-0.1, -0.05) is 15.9 Å². The lowest BCUT2D eigenvalue weighted by atomic mass is 9.96. The zero-order valence-electron chi connectivity index (χ0n) is 12.4. The van der Waals surface area contributed by atoms with E-state index in [-0.39, 0.29) is 4.90 Å². The lowest BCUT2D eigenvalue weighted by Crippen LogP contribution is -2.49. The van der Waals surface area contributed by atoms with Crippen molar-refractivity contribution in [3.8, 4) is 5.75 Å². The zero-order chi connectivity index (χ0) is 15.7. The van der Waals surface area contributed by atoms with Crippen molar-refractivity contribution in [1.82, 2.24) is 4.31 Å². The van der Waals surface area contributed by atoms with Gasteiger partial charge in [-0.3, -0.25) is 0 Å². The molecule has 1 aliphatic heterocycles. The van der Waals surface area contributed by atoms with Crippen LogP contribution in [0, 0.1) is 0 Å². The minimum Gasteiger partial charge on any atom is -0.495 e. The van der Waals surface area contributed by atoms with Gasteiger partial charge in [-0.05, 0) is 38.0 Å². The Morgan fingerprint density at radius 2 is 2.05 bits per heavy atom. The van der Waals surface area contributed by atoms with Crippen LogP contribution in [0.5, 0.6) is 5.75 Å². The summed E-state index contributed by atoms with van der Waals surface area (Å²) >= 11 is 3.31. The van der Waals surface area contributed by atoms with Crippen molar-refractivity contribution in [2.45, 2.75) is 30.3 Å². The van der Waals surface area contributed by atoms with Gasteiger partial charge in [0.2, 0.25) is 10.0 Å². The van der Waals surface area contributed by atoms with Gasteiger partial charge in [-0.25, -0.2) is 8.42 Å². The Balaban J connectivity index is 2.40. The fraction of sp³-hybridized carbons (Fsp3) is 0.571. The van der Waals surface area contributed by atoms with Crippen molar-refractivity contribution in [2.75, 3.05) is 27.3 Å². The minimum absolute atomic E-state index is 0.180. The number of hydrogen-bond donors (Lipinski definition) is 0. The first-order chi connectivity index (χ1) is 9.82. The van der Waals surface area contributed by atoms with E-state index in [2.05, 4.69) is 15.9 Å². The summed E-state index contributed by atoms with van der Waals surface area (Å²) in [6, 6.07) is 4.98. The molecule has 0 N–H and O–H groups in total. The van der Waals surface area contributed by atoms with Crippen LogP contribution in [0.4, 0.5) is 0 Å². The van der Waals surface area contributed by atoms with Crippen molar-refractivity contribution in [3.05, 3.63) is 22.7 Å². The molecule has 0 radical (unpaired) electrons. The number of benzene rings is 1. The second-order valence-corrected chi connectivity index (χ2v) is 8.21. The third-order valence-corrected chi connectivity index (χ3v) is 6.22. The molecule has 118 valence electrons. The third kappa shape index (κ3) is 3.41. The second kappa shape index (κ2) is 6.24. The van der Waals surface area contributed by atoms with E-state index in [1.165, 1.54) is 11.4 Å². The van der Waals surface area contributed by atoms with Gasteiger partial charge in [0.15, 0.2) is 0 Å². The summed E-state index contributed by atoms with van der Waals surface area (Å²) < 4.78 is 38.6. The first-order valence-corrected chi connectivity index (χ1v) is 8.94. The van der Waals surface area contributed by atoms with Crippen LogP contribution in [0.15, 0.2) is 27.6 Å². The lowest BCUT2D eigenvalue weighted by Gasteiger charge is -2.38. The highest BCUT2D eigenvalue weighted by molar-refractivity contribution is 9.10. The van der Waals surface area contributed by atoms with E-state index >= 15 is 0 Å². The van der Waals surface area contributed by atoms with E-state index in [0.29, 0.717) is 23.3 Å². The van der Waals surface area contributed by atoms with Crippen LogP contribution in [0.2, 0.25) is 0 Å². The molecular weight excluding hydrogens is 358 g/mol. The highest BCUT2D eigenvalue weighted by Gasteiger charge is 2.38. The summed E-state index contributed by atoms with van der Waals surface area (Å²) in [5.41, 5.74) is -0.440. The smallest absolute Gasteiger partial charge is 0.246 e. The largest absolute Gasteiger partial charge is 0.495 e. The Kier molecular flexibility index (Phi) is 4.97. The van der Waals surface area contributed by atoms with Gasteiger partial charge in [0.1, 0.15) is 10.6 Å². The Labute approximate surface area is 134 Å². The number of rotatable bonds is 4. The van der Waals surface area contributed by atoms with E-state index in [1.807, 2.05) is 6.92 Å². The molecule has 1 heterocycles. The van der Waals surface area contributed by atoms with E-state index in [4.69, 9.17) is 9.47 Å². The molecule has 0 aromatic heterocycles. The molecular formula is C14H20BrNO4S. The van der Waals surface area contributed by atoms with Gasteiger partial charge in [0.05, 0.1) is 12.7 Å². The number of hydrogen-bond acceptors (Lipinski definition) is 4. The number of halogens is 1. The SMILES string of the molecule is COc1ccc(Br)cc1S(=O)(=O)N1CCCC(C)(OC)C1. The molecule has 0 bridgehead atoms. The van der Waals surface area contributed by atoms with Crippen LogP contribution in [-0.4, -0.2) is 45.6 Å². The van der Waals surface area contributed by atoms with Crippen molar-refractivity contribution < 1.29 is 17.9 Å². The molecule has 0 aliphatic carbocycles. The molecule has 2 rings (SSSR count). The number of ether oxygens (including phenoxy) is 2.